The van der Waals surface area contributed by atoms with Gasteiger partial charge in [0.15, 0.2) is 0 Å². The second-order valence-corrected chi connectivity index (χ2v) is 9.11. The molecule has 0 atom stereocenters. The molecule has 7 nitrogen and oxygen atoms in total. The molecule has 1 fully saturated rings. The first-order valence-corrected chi connectivity index (χ1v) is 11.6. The van der Waals surface area contributed by atoms with E-state index in [-0.39, 0.29) is 0 Å². The molecule has 0 amide bonds. The number of aromatic nitrogens is 3. The molecule has 4 rings (SSSR count). The van der Waals surface area contributed by atoms with Crippen LogP contribution in [-0.4, -0.2) is 45.6 Å². The van der Waals surface area contributed by atoms with Crippen molar-refractivity contribution < 1.29 is 4.74 Å². The van der Waals surface area contributed by atoms with Gasteiger partial charge in [0.05, 0.1) is 30.1 Å². The molecule has 0 aliphatic carbocycles. The highest BCUT2D eigenvalue weighted by molar-refractivity contribution is 7.98. The third-order valence-electron chi connectivity index (χ3n) is 5.31. The number of nitriles is 1. The van der Waals surface area contributed by atoms with Crippen LogP contribution in [0.25, 0.3) is 16.6 Å². The van der Waals surface area contributed by atoms with E-state index in [1.54, 1.807) is 16.9 Å². The lowest BCUT2D eigenvalue weighted by atomic mass is 10.0. The molecular weight excluding hydrogens is 408 g/mol. The van der Waals surface area contributed by atoms with Crippen molar-refractivity contribution in [1.82, 2.24) is 19.3 Å². The molecule has 3 aromatic heterocycles. The number of piperidine rings is 1. The molecule has 1 saturated heterocycles. The first kappa shape index (κ1) is 21.5. The number of pyridine rings is 2. The second-order valence-electron chi connectivity index (χ2n) is 7.97. The molecule has 0 bridgehead atoms. The van der Waals surface area contributed by atoms with Crippen molar-refractivity contribution >= 4 is 23.3 Å². The van der Waals surface area contributed by atoms with E-state index in [1.165, 1.54) is 0 Å². The lowest BCUT2D eigenvalue weighted by molar-refractivity contribution is 0.338. The minimum atomic E-state index is 0.502. The van der Waals surface area contributed by atoms with Crippen molar-refractivity contribution in [2.75, 3.05) is 24.6 Å². The number of nitrogens with one attached hydrogen (secondary N) is 1. The highest BCUT2D eigenvalue weighted by atomic mass is 32.2. The van der Waals surface area contributed by atoms with Crippen LogP contribution in [0.15, 0.2) is 36.8 Å². The van der Waals surface area contributed by atoms with E-state index in [9.17, 15) is 5.26 Å². The Kier molecular flexibility index (Phi) is 6.64. The maximum Gasteiger partial charge on any atom is 0.138 e. The van der Waals surface area contributed by atoms with Crippen molar-refractivity contribution in [3.63, 3.8) is 0 Å². The van der Waals surface area contributed by atoms with Crippen LogP contribution in [0, 0.1) is 11.3 Å². The van der Waals surface area contributed by atoms with E-state index in [4.69, 9.17) is 9.72 Å². The van der Waals surface area contributed by atoms with Gasteiger partial charge in [0.25, 0.3) is 0 Å². The van der Waals surface area contributed by atoms with E-state index in [0.717, 1.165) is 54.1 Å². The molecule has 1 aliphatic rings. The minimum absolute atomic E-state index is 0.502. The molecule has 0 aromatic carbocycles. The molecule has 31 heavy (non-hydrogen) atoms. The van der Waals surface area contributed by atoms with E-state index < -0.39 is 0 Å². The number of fused-ring (bicyclic) bond motifs is 1. The fourth-order valence-corrected chi connectivity index (χ4v) is 4.72. The maximum absolute atomic E-state index is 9.51. The summed E-state index contributed by atoms with van der Waals surface area (Å²) in [7, 11) is 0. The number of hydrogen-bond acceptors (Lipinski definition) is 7. The average Bonchev–Trinajstić information content (AvgIpc) is 3.21. The molecule has 0 spiro atoms. The topological polar surface area (TPSA) is 78.5 Å². The summed E-state index contributed by atoms with van der Waals surface area (Å²) in [5, 5.41) is 14.5. The SMILES string of the molecule is CCOc1cc(-c2ccc(N3CCC(SNC(C)C)CC3)nc2)c2c(C#N)cnn2c1. The molecular formula is C23H28N6OS. The van der Waals surface area contributed by atoms with E-state index >= 15 is 0 Å². The quantitative estimate of drug-likeness (QED) is 0.554. The monoisotopic (exact) mass is 436 g/mol. The second kappa shape index (κ2) is 9.58. The van der Waals surface area contributed by atoms with Crippen molar-refractivity contribution in [3.05, 3.63) is 42.4 Å². The van der Waals surface area contributed by atoms with Crippen LogP contribution >= 0.6 is 11.9 Å². The predicted octanol–water partition coefficient (Wildman–Crippen LogP) is 4.28. The maximum atomic E-state index is 9.51. The number of rotatable bonds is 7. The largest absolute Gasteiger partial charge is 0.492 e. The van der Waals surface area contributed by atoms with Gasteiger partial charge in [-0.05, 0) is 51.8 Å². The van der Waals surface area contributed by atoms with Crippen LogP contribution in [0.2, 0.25) is 0 Å². The van der Waals surface area contributed by atoms with Gasteiger partial charge >= 0.3 is 0 Å². The average molecular weight is 437 g/mol. The van der Waals surface area contributed by atoms with Crippen LogP contribution in [0.5, 0.6) is 5.75 Å². The van der Waals surface area contributed by atoms with Gasteiger partial charge in [-0.1, -0.05) is 11.9 Å². The lowest BCUT2D eigenvalue weighted by Gasteiger charge is -2.32. The van der Waals surface area contributed by atoms with Crippen molar-refractivity contribution in [2.45, 2.75) is 44.9 Å². The van der Waals surface area contributed by atoms with Crippen LogP contribution in [0.4, 0.5) is 5.82 Å². The molecule has 0 saturated carbocycles. The molecule has 162 valence electrons. The lowest BCUT2D eigenvalue weighted by Crippen LogP contribution is -2.36. The molecule has 3 aromatic rings. The van der Waals surface area contributed by atoms with Crippen LogP contribution in [0.3, 0.4) is 0 Å². The summed E-state index contributed by atoms with van der Waals surface area (Å²) in [5.74, 6) is 1.71. The summed E-state index contributed by atoms with van der Waals surface area (Å²) in [5.41, 5.74) is 3.15. The Balaban J connectivity index is 1.54. The van der Waals surface area contributed by atoms with Crippen molar-refractivity contribution in [2.24, 2.45) is 0 Å². The van der Waals surface area contributed by atoms with Gasteiger partial charge in [-0.15, -0.1) is 0 Å². The minimum Gasteiger partial charge on any atom is -0.492 e. The van der Waals surface area contributed by atoms with Gasteiger partial charge in [-0.25, -0.2) is 9.50 Å². The Labute approximate surface area is 187 Å². The Hall–Kier alpha value is -2.76. The number of hydrogen-bond donors (Lipinski definition) is 1. The van der Waals surface area contributed by atoms with Crippen LogP contribution < -0.4 is 14.4 Å². The summed E-state index contributed by atoms with van der Waals surface area (Å²) < 4.78 is 10.9. The molecule has 1 aliphatic heterocycles. The van der Waals surface area contributed by atoms with Gasteiger partial charge < -0.3 is 9.64 Å². The Morgan fingerprint density at radius 2 is 2.10 bits per heavy atom. The Morgan fingerprint density at radius 1 is 1.29 bits per heavy atom. The molecule has 4 heterocycles. The predicted molar refractivity (Wildman–Crippen MR) is 125 cm³/mol. The van der Waals surface area contributed by atoms with Crippen LogP contribution in [0.1, 0.15) is 39.2 Å². The van der Waals surface area contributed by atoms with E-state index in [0.29, 0.717) is 23.5 Å². The summed E-state index contributed by atoms with van der Waals surface area (Å²) in [6, 6.07) is 8.84. The molecule has 1 N–H and O–H groups in total. The van der Waals surface area contributed by atoms with Gasteiger partial charge in [-0.3, -0.25) is 4.72 Å². The fourth-order valence-electron chi connectivity index (χ4n) is 3.81. The zero-order chi connectivity index (χ0) is 21.8. The smallest absolute Gasteiger partial charge is 0.138 e. The fraction of sp³-hybridized carbons (Fsp3) is 0.435. The van der Waals surface area contributed by atoms with Gasteiger partial charge in [0, 0.05) is 41.7 Å². The molecule has 8 heteroatoms. The zero-order valence-electron chi connectivity index (χ0n) is 18.2. The van der Waals surface area contributed by atoms with Crippen LogP contribution in [-0.2, 0) is 0 Å². The standard InChI is InChI=1S/C23H28N6OS/c1-4-30-19-11-21(23-18(12-24)14-26-29(23)15-19)17-5-6-22(25-13-17)28-9-7-20(8-10-28)31-27-16(2)3/h5-6,11,13-16,20,27H,4,7-10H2,1-3H3. The van der Waals surface area contributed by atoms with Gasteiger partial charge in [0.1, 0.15) is 17.6 Å². The summed E-state index contributed by atoms with van der Waals surface area (Å²) in [4.78, 5) is 7.10. The summed E-state index contributed by atoms with van der Waals surface area (Å²) in [6.45, 7) is 8.88. The normalized spacial score (nSPS) is 14.9. The Bertz CT molecular complexity index is 1060. The first-order chi connectivity index (χ1) is 15.1. The van der Waals surface area contributed by atoms with Gasteiger partial charge in [0.2, 0.25) is 0 Å². The summed E-state index contributed by atoms with van der Waals surface area (Å²) >= 11 is 1.87. The highest BCUT2D eigenvalue weighted by Gasteiger charge is 2.21. The number of anilines is 1. The van der Waals surface area contributed by atoms with Crippen molar-refractivity contribution in [3.8, 4) is 22.9 Å². The molecule has 0 unspecified atom stereocenters. The van der Waals surface area contributed by atoms with Crippen molar-refractivity contribution in [1.29, 1.82) is 5.26 Å². The third-order valence-corrected chi connectivity index (χ3v) is 6.73. The highest BCUT2D eigenvalue weighted by Crippen LogP contribution is 2.32. The third kappa shape index (κ3) is 4.78. The Morgan fingerprint density at radius 3 is 2.74 bits per heavy atom. The molecule has 0 radical (unpaired) electrons. The zero-order valence-corrected chi connectivity index (χ0v) is 19.0. The first-order valence-electron chi connectivity index (χ1n) is 10.8. The number of nitrogens with zero attached hydrogens (tertiary/aromatic N) is 5. The van der Waals surface area contributed by atoms with Gasteiger partial charge in [-0.2, -0.15) is 10.4 Å². The number of ether oxygens (including phenoxy) is 1. The summed E-state index contributed by atoms with van der Waals surface area (Å²) in [6.07, 6.45) is 7.57. The van der Waals surface area contributed by atoms with E-state index in [1.807, 2.05) is 31.1 Å². The van der Waals surface area contributed by atoms with E-state index in [2.05, 4.69) is 46.8 Å².